The smallest absolute Gasteiger partial charge is 0.233 e. The lowest BCUT2D eigenvalue weighted by Gasteiger charge is -2.20. The van der Waals surface area contributed by atoms with Gasteiger partial charge in [0.15, 0.2) is 5.16 Å². The molecule has 0 fully saturated rings. The number of allylic oxidation sites excluding steroid dienone is 1. The van der Waals surface area contributed by atoms with Crippen LogP contribution in [0, 0.1) is 6.92 Å². The average Bonchev–Trinajstić information content (AvgIpc) is 2.92. The van der Waals surface area contributed by atoms with Crippen LogP contribution in [0.15, 0.2) is 48.1 Å². The molecule has 5 nitrogen and oxygen atoms in total. The van der Waals surface area contributed by atoms with Gasteiger partial charge in [-0.2, -0.15) is 0 Å². The van der Waals surface area contributed by atoms with E-state index in [2.05, 4.69) is 16.8 Å². The van der Waals surface area contributed by atoms with Crippen LogP contribution in [0.25, 0.3) is 0 Å². The van der Waals surface area contributed by atoms with Gasteiger partial charge >= 0.3 is 0 Å². The van der Waals surface area contributed by atoms with Gasteiger partial charge in [0.2, 0.25) is 5.91 Å². The zero-order valence-electron chi connectivity index (χ0n) is 13.6. The van der Waals surface area contributed by atoms with Crippen molar-refractivity contribution in [3.05, 3.63) is 54.4 Å². The van der Waals surface area contributed by atoms with E-state index in [0.717, 1.165) is 16.5 Å². The third-order valence-corrected chi connectivity index (χ3v) is 4.44. The van der Waals surface area contributed by atoms with Gasteiger partial charge in [-0.05, 0) is 19.4 Å². The highest BCUT2D eigenvalue weighted by molar-refractivity contribution is 7.99. The third kappa shape index (κ3) is 4.69. The predicted molar refractivity (Wildman–Crippen MR) is 93.2 cm³/mol. The molecule has 0 aliphatic rings. The molecule has 0 unspecified atom stereocenters. The normalized spacial score (nSPS) is 10.5. The van der Waals surface area contributed by atoms with Crippen LogP contribution in [0.5, 0.6) is 0 Å². The minimum absolute atomic E-state index is 0.104. The van der Waals surface area contributed by atoms with Gasteiger partial charge in [-0.1, -0.05) is 48.2 Å². The maximum atomic E-state index is 12.5. The number of carbonyl (C=O) groups excluding carboxylic acids is 1. The van der Waals surface area contributed by atoms with Gasteiger partial charge < -0.3 is 9.47 Å². The number of thioether (sulfide) groups is 1. The maximum absolute atomic E-state index is 12.5. The first-order valence-corrected chi connectivity index (χ1v) is 8.59. The molecule has 6 heteroatoms. The number of rotatable bonds is 8. The van der Waals surface area contributed by atoms with Crippen LogP contribution < -0.4 is 0 Å². The molecule has 1 heterocycles. The summed E-state index contributed by atoms with van der Waals surface area (Å²) in [5.41, 5.74) is 1.14. The minimum Gasteiger partial charge on any atom is -0.338 e. The molecular formula is C17H22N4OS. The first kappa shape index (κ1) is 17.3. The van der Waals surface area contributed by atoms with E-state index < -0.39 is 0 Å². The lowest BCUT2D eigenvalue weighted by molar-refractivity contribution is -0.128. The van der Waals surface area contributed by atoms with E-state index >= 15 is 0 Å². The molecule has 0 atom stereocenters. The highest BCUT2D eigenvalue weighted by Gasteiger charge is 2.15. The van der Waals surface area contributed by atoms with Crippen molar-refractivity contribution in [3.8, 4) is 0 Å². The molecule has 23 heavy (non-hydrogen) atoms. The number of benzene rings is 1. The van der Waals surface area contributed by atoms with Gasteiger partial charge in [0, 0.05) is 19.6 Å². The summed E-state index contributed by atoms with van der Waals surface area (Å²) in [7, 11) is 0. The molecule has 2 aromatic rings. The number of aryl methyl sites for hydroxylation is 1. The predicted octanol–water partition coefficient (Wildman–Crippen LogP) is 2.91. The van der Waals surface area contributed by atoms with Gasteiger partial charge in [0.1, 0.15) is 5.82 Å². The van der Waals surface area contributed by atoms with E-state index in [9.17, 15) is 4.79 Å². The summed E-state index contributed by atoms with van der Waals surface area (Å²) >= 11 is 1.42. The third-order valence-electron chi connectivity index (χ3n) is 3.49. The second kappa shape index (κ2) is 8.53. The van der Waals surface area contributed by atoms with Crippen LogP contribution in [0.2, 0.25) is 0 Å². The van der Waals surface area contributed by atoms with Crippen molar-refractivity contribution in [3.63, 3.8) is 0 Å². The summed E-state index contributed by atoms with van der Waals surface area (Å²) in [6.07, 6.45) is 1.80. The summed E-state index contributed by atoms with van der Waals surface area (Å²) in [5.74, 6) is 1.29. The monoisotopic (exact) mass is 330 g/mol. The Balaban J connectivity index is 1.96. The minimum atomic E-state index is 0.104. The van der Waals surface area contributed by atoms with Crippen LogP contribution in [0.3, 0.4) is 0 Å². The van der Waals surface area contributed by atoms with Crippen molar-refractivity contribution >= 4 is 17.7 Å². The van der Waals surface area contributed by atoms with Crippen LogP contribution >= 0.6 is 11.8 Å². The molecule has 2 rings (SSSR count). The van der Waals surface area contributed by atoms with Crippen molar-refractivity contribution in [2.45, 2.75) is 32.1 Å². The zero-order valence-corrected chi connectivity index (χ0v) is 14.4. The summed E-state index contributed by atoms with van der Waals surface area (Å²) in [6, 6.07) is 10.0. The largest absolute Gasteiger partial charge is 0.338 e. The number of hydrogen-bond donors (Lipinski definition) is 0. The van der Waals surface area contributed by atoms with Gasteiger partial charge in [0.25, 0.3) is 0 Å². The number of nitrogens with zero attached hydrogens (tertiary/aromatic N) is 4. The molecule has 1 aromatic heterocycles. The molecule has 0 aliphatic carbocycles. The van der Waals surface area contributed by atoms with Crippen molar-refractivity contribution in [1.82, 2.24) is 19.7 Å². The fourth-order valence-electron chi connectivity index (χ4n) is 2.21. The summed E-state index contributed by atoms with van der Waals surface area (Å²) < 4.78 is 1.96. The van der Waals surface area contributed by atoms with Gasteiger partial charge in [-0.25, -0.2) is 0 Å². The molecule has 1 amide bonds. The van der Waals surface area contributed by atoms with E-state index in [1.807, 2.05) is 53.6 Å². The Morgan fingerprint density at radius 2 is 2.09 bits per heavy atom. The fourth-order valence-corrected chi connectivity index (χ4v) is 3.10. The van der Waals surface area contributed by atoms with Gasteiger partial charge in [0.05, 0.1) is 5.75 Å². The number of aromatic nitrogens is 3. The summed E-state index contributed by atoms with van der Waals surface area (Å²) in [4.78, 5) is 14.3. The molecule has 0 radical (unpaired) electrons. The zero-order chi connectivity index (χ0) is 16.7. The molecule has 0 bridgehead atoms. The van der Waals surface area contributed by atoms with Crippen molar-refractivity contribution in [2.75, 3.05) is 12.3 Å². The van der Waals surface area contributed by atoms with Gasteiger partial charge in [-0.3, -0.25) is 4.79 Å². The van der Waals surface area contributed by atoms with Crippen molar-refractivity contribution in [2.24, 2.45) is 0 Å². The van der Waals surface area contributed by atoms with Gasteiger partial charge in [-0.15, -0.1) is 16.8 Å². The Labute approximate surface area is 141 Å². The fraction of sp³-hybridized carbons (Fsp3) is 0.353. The van der Waals surface area contributed by atoms with E-state index in [1.54, 1.807) is 6.08 Å². The molecule has 0 aliphatic heterocycles. The second-order valence-electron chi connectivity index (χ2n) is 5.11. The first-order chi connectivity index (χ1) is 11.2. The van der Waals surface area contributed by atoms with E-state index in [4.69, 9.17) is 0 Å². The van der Waals surface area contributed by atoms with Crippen molar-refractivity contribution < 1.29 is 4.79 Å². The van der Waals surface area contributed by atoms with E-state index in [-0.39, 0.29) is 5.91 Å². The Morgan fingerprint density at radius 1 is 1.35 bits per heavy atom. The Morgan fingerprint density at radius 3 is 2.74 bits per heavy atom. The highest BCUT2D eigenvalue weighted by Crippen LogP contribution is 2.18. The molecule has 0 saturated heterocycles. The van der Waals surface area contributed by atoms with E-state index in [1.165, 1.54) is 11.8 Å². The molecular weight excluding hydrogens is 308 g/mol. The quantitative estimate of drug-likeness (QED) is 0.552. The summed E-state index contributed by atoms with van der Waals surface area (Å²) in [6.45, 7) is 9.61. The molecule has 122 valence electrons. The highest BCUT2D eigenvalue weighted by atomic mass is 32.2. The topological polar surface area (TPSA) is 51.0 Å². The lowest BCUT2D eigenvalue weighted by atomic mass is 10.2. The SMILES string of the molecule is C=CCn1c(C)nnc1SCC(=O)N(CC)Cc1ccccc1. The van der Waals surface area contributed by atoms with Crippen molar-refractivity contribution in [1.29, 1.82) is 0 Å². The Kier molecular flexibility index (Phi) is 6.40. The molecule has 1 aromatic carbocycles. The Bertz CT molecular complexity index is 654. The molecule has 0 spiro atoms. The lowest BCUT2D eigenvalue weighted by Crippen LogP contribution is -2.31. The van der Waals surface area contributed by atoms with Crippen LogP contribution in [0.1, 0.15) is 18.3 Å². The Hall–Kier alpha value is -2.08. The van der Waals surface area contributed by atoms with E-state index in [0.29, 0.717) is 25.4 Å². The number of hydrogen-bond acceptors (Lipinski definition) is 4. The second-order valence-corrected chi connectivity index (χ2v) is 6.05. The average molecular weight is 330 g/mol. The number of carbonyl (C=O) groups is 1. The standard InChI is InChI=1S/C17H22N4OS/c1-4-11-21-14(3)18-19-17(21)23-13-16(22)20(5-2)12-15-9-7-6-8-10-15/h4,6-10H,1,5,11-13H2,2-3H3. The molecule has 0 N–H and O–H groups in total. The molecule has 0 saturated carbocycles. The first-order valence-electron chi connectivity index (χ1n) is 7.61. The van der Waals surface area contributed by atoms with Crippen LogP contribution in [-0.4, -0.2) is 37.9 Å². The number of amides is 1. The maximum Gasteiger partial charge on any atom is 0.233 e. The van der Waals surface area contributed by atoms with Crippen LogP contribution in [-0.2, 0) is 17.9 Å². The summed E-state index contributed by atoms with van der Waals surface area (Å²) in [5, 5.41) is 8.95. The van der Waals surface area contributed by atoms with Crippen LogP contribution in [0.4, 0.5) is 0 Å².